The molecular formula is C22H43NO. The minimum absolute atomic E-state index is 0.176. The number of hydrogen-bond donors (Lipinski definition) is 0. The lowest BCUT2D eigenvalue weighted by Crippen LogP contribution is -2.60. The van der Waals surface area contributed by atoms with Crippen molar-refractivity contribution in [3.63, 3.8) is 0 Å². The van der Waals surface area contributed by atoms with Crippen LogP contribution < -0.4 is 0 Å². The van der Waals surface area contributed by atoms with Gasteiger partial charge < -0.3 is 4.74 Å². The van der Waals surface area contributed by atoms with E-state index in [9.17, 15) is 0 Å². The van der Waals surface area contributed by atoms with Crippen LogP contribution in [-0.2, 0) is 4.74 Å². The molecule has 0 saturated carbocycles. The maximum atomic E-state index is 6.35. The van der Waals surface area contributed by atoms with Gasteiger partial charge in [-0.3, -0.25) is 4.90 Å². The molecule has 24 heavy (non-hydrogen) atoms. The van der Waals surface area contributed by atoms with Gasteiger partial charge in [0.25, 0.3) is 0 Å². The Morgan fingerprint density at radius 1 is 1.04 bits per heavy atom. The lowest BCUT2D eigenvalue weighted by atomic mass is 9.78. The highest BCUT2D eigenvalue weighted by molar-refractivity contribution is 5.01. The molecule has 0 aliphatic carbocycles. The van der Waals surface area contributed by atoms with E-state index in [-0.39, 0.29) is 11.1 Å². The van der Waals surface area contributed by atoms with Gasteiger partial charge in [-0.25, -0.2) is 0 Å². The fraction of sp³-hybridized carbons (Fsp3) is 0.909. The van der Waals surface area contributed by atoms with Crippen molar-refractivity contribution >= 4 is 0 Å². The zero-order valence-corrected chi connectivity index (χ0v) is 17.6. The standard InChI is InChI=1S/C22H43NO/c1-9-10-11-12-13-14-15-18(2)19(3)24-20-16-21(4,5)23(8)22(6,7)17-20/h18,20H,3,9-17H2,1-2,4-8H3. The lowest BCUT2D eigenvalue weighted by molar-refractivity contribution is -0.0779. The summed E-state index contributed by atoms with van der Waals surface area (Å²) >= 11 is 0. The summed E-state index contributed by atoms with van der Waals surface area (Å²) in [4.78, 5) is 2.50. The molecule has 0 N–H and O–H groups in total. The van der Waals surface area contributed by atoms with E-state index in [2.05, 4.69) is 60.1 Å². The Morgan fingerprint density at radius 3 is 2.08 bits per heavy atom. The van der Waals surface area contributed by atoms with Gasteiger partial charge in [-0.05, 0) is 41.2 Å². The summed E-state index contributed by atoms with van der Waals surface area (Å²) in [5, 5.41) is 0. The van der Waals surface area contributed by atoms with Crippen LogP contribution in [-0.4, -0.2) is 29.1 Å². The first kappa shape index (κ1) is 21.5. The van der Waals surface area contributed by atoms with Crippen LogP contribution in [0.25, 0.3) is 0 Å². The van der Waals surface area contributed by atoms with E-state index >= 15 is 0 Å². The molecule has 2 heteroatoms. The number of ether oxygens (including phenoxy) is 1. The summed E-state index contributed by atoms with van der Waals surface area (Å²) in [6.45, 7) is 18.1. The van der Waals surface area contributed by atoms with E-state index in [4.69, 9.17) is 4.74 Å². The third-order valence-corrected chi connectivity index (χ3v) is 6.13. The van der Waals surface area contributed by atoms with Crippen LogP contribution in [0.2, 0.25) is 0 Å². The second kappa shape index (κ2) is 9.27. The number of likely N-dealkylation sites (tertiary alicyclic amines) is 1. The van der Waals surface area contributed by atoms with Crippen LogP contribution >= 0.6 is 0 Å². The summed E-state index contributed by atoms with van der Waals surface area (Å²) in [6, 6.07) is 0. The highest BCUT2D eigenvalue weighted by Gasteiger charge is 2.44. The SMILES string of the molecule is C=C(OC1CC(C)(C)N(C)C(C)(C)C1)C(C)CCCCCCCC. The molecule has 0 spiro atoms. The normalized spacial score (nSPS) is 22.3. The van der Waals surface area contributed by atoms with Crippen LogP contribution in [0.4, 0.5) is 0 Å². The van der Waals surface area contributed by atoms with E-state index < -0.39 is 0 Å². The maximum absolute atomic E-state index is 6.35. The van der Waals surface area contributed by atoms with Gasteiger partial charge in [-0.15, -0.1) is 0 Å². The number of hydrogen-bond acceptors (Lipinski definition) is 2. The molecule has 0 aromatic rings. The molecule has 1 heterocycles. The van der Waals surface area contributed by atoms with Crippen molar-refractivity contribution in [3.05, 3.63) is 12.3 Å². The molecule has 142 valence electrons. The minimum atomic E-state index is 0.176. The predicted octanol–water partition coefficient (Wildman–Crippen LogP) is 6.55. The molecule has 0 radical (unpaired) electrons. The smallest absolute Gasteiger partial charge is 0.102 e. The maximum Gasteiger partial charge on any atom is 0.102 e. The van der Waals surface area contributed by atoms with E-state index in [0.717, 1.165) is 18.6 Å². The Morgan fingerprint density at radius 2 is 1.54 bits per heavy atom. The quantitative estimate of drug-likeness (QED) is 0.331. The second-order valence-electron chi connectivity index (χ2n) is 9.26. The van der Waals surface area contributed by atoms with Crippen molar-refractivity contribution in [2.24, 2.45) is 5.92 Å². The molecule has 1 atom stereocenters. The molecule has 1 saturated heterocycles. The molecule has 0 aromatic carbocycles. The highest BCUT2D eigenvalue weighted by Crippen LogP contribution is 2.39. The summed E-state index contributed by atoms with van der Waals surface area (Å²) in [7, 11) is 2.24. The summed E-state index contributed by atoms with van der Waals surface area (Å²) < 4.78 is 6.35. The predicted molar refractivity (Wildman–Crippen MR) is 106 cm³/mol. The Hall–Kier alpha value is -0.500. The zero-order chi connectivity index (χ0) is 18.4. The molecule has 0 aromatic heterocycles. The Balaban J connectivity index is 2.38. The molecule has 1 fully saturated rings. The summed E-state index contributed by atoms with van der Waals surface area (Å²) in [5.41, 5.74) is 0.352. The van der Waals surface area contributed by atoms with Crippen molar-refractivity contribution in [1.29, 1.82) is 0 Å². The third kappa shape index (κ3) is 6.43. The first-order valence-corrected chi connectivity index (χ1v) is 10.2. The molecule has 0 amide bonds. The number of unbranched alkanes of at least 4 members (excludes halogenated alkanes) is 5. The first-order chi connectivity index (χ1) is 11.1. The van der Waals surface area contributed by atoms with E-state index in [1.54, 1.807) is 0 Å². The van der Waals surface area contributed by atoms with Crippen LogP contribution in [0, 0.1) is 5.92 Å². The highest BCUT2D eigenvalue weighted by atomic mass is 16.5. The first-order valence-electron chi connectivity index (χ1n) is 10.2. The van der Waals surface area contributed by atoms with E-state index in [1.807, 2.05) is 0 Å². The van der Waals surface area contributed by atoms with Gasteiger partial charge in [0.1, 0.15) is 6.10 Å². The fourth-order valence-corrected chi connectivity index (χ4v) is 4.09. The Bertz CT molecular complexity index is 367. The Kier molecular flexibility index (Phi) is 8.32. The van der Waals surface area contributed by atoms with E-state index in [1.165, 1.54) is 44.9 Å². The van der Waals surface area contributed by atoms with Crippen LogP contribution in [0.15, 0.2) is 12.3 Å². The molecule has 1 aliphatic rings. The number of piperidine rings is 1. The average molecular weight is 338 g/mol. The number of allylic oxidation sites excluding steroid dienone is 1. The van der Waals surface area contributed by atoms with Gasteiger partial charge in [-0.2, -0.15) is 0 Å². The van der Waals surface area contributed by atoms with Crippen molar-refractivity contribution < 1.29 is 4.74 Å². The largest absolute Gasteiger partial charge is 0.495 e. The van der Waals surface area contributed by atoms with Crippen LogP contribution in [0.1, 0.15) is 99.3 Å². The van der Waals surface area contributed by atoms with Crippen molar-refractivity contribution in [2.45, 2.75) is 117 Å². The Labute approximate surface area is 152 Å². The van der Waals surface area contributed by atoms with Crippen molar-refractivity contribution in [2.75, 3.05) is 7.05 Å². The van der Waals surface area contributed by atoms with Crippen molar-refractivity contribution in [3.8, 4) is 0 Å². The summed E-state index contributed by atoms with van der Waals surface area (Å²) in [6.07, 6.45) is 11.8. The van der Waals surface area contributed by atoms with Crippen LogP contribution in [0.3, 0.4) is 0 Å². The topological polar surface area (TPSA) is 12.5 Å². The van der Waals surface area contributed by atoms with Gasteiger partial charge in [0.2, 0.25) is 0 Å². The molecule has 1 aliphatic heterocycles. The van der Waals surface area contributed by atoms with Gasteiger partial charge in [-0.1, -0.05) is 59.0 Å². The molecule has 2 nitrogen and oxygen atoms in total. The molecule has 1 rings (SSSR count). The van der Waals surface area contributed by atoms with Gasteiger partial charge >= 0.3 is 0 Å². The number of rotatable bonds is 10. The molecule has 1 unspecified atom stereocenters. The zero-order valence-electron chi connectivity index (χ0n) is 17.6. The van der Waals surface area contributed by atoms with Gasteiger partial charge in [0, 0.05) is 29.8 Å². The van der Waals surface area contributed by atoms with Gasteiger partial charge in [0.05, 0.1) is 5.76 Å². The number of nitrogens with zero attached hydrogens (tertiary/aromatic N) is 1. The summed E-state index contributed by atoms with van der Waals surface area (Å²) in [5.74, 6) is 1.48. The lowest BCUT2D eigenvalue weighted by Gasteiger charge is -2.53. The molecular weight excluding hydrogens is 294 g/mol. The molecule has 0 bridgehead atoms. The average Bonchev–Trinajstić information content (AvgIpc) is 2.47. The van der Waals surface area contributed by atoms with E-state index in [0.29, 0.717) is 12.0 Å². The second-order valence-corrected chi connectivity index (χ2v) is 9.26. The minimum Gasteiger partial charge on any atom is -0.495 e. The monoisotopic (exact) mass is 337 g/mol. The third-order valence-electron chi connectivity index (χ3n) is 6.13. The van der Waals surface area contributed by atoms with Gasteiger partial charge in [0.15, 0.2) is 0 Å². The van der Waals surface area contributed by atoms with Crippen LogP contribution in [0.5, 0.6) is 0 Å². The fourth-order valence-electron chi connectivity index (χ4n) is 4.09. The van der Waals surface area contributed by atoms with Crippen molar-refractivity contribution in [1.82, 2.24) is 4.90 Å².